The Morgan fingerprint density at radius 1 is 1.18 bits per heavy atom. The Hall–Kier alpha value is -2.37. The average molecular weight is 302 g/mol. The number of carbonyl (C=O) groups is 2. The SMILES string of the molecule is O=C1C[C@@H](Cc2ccc(N/N=C3\CCCOC3=O)cc2)CO1. The van der Waals surface area contributed by atoms with Gasteiger partial charge in [0.15, 0.2) is 0 Å². The molecule has 0 aliphatic carbocycles. The van der Waals surface area contributed by atoms with Crippen molar-refractivity contribution in [1.82, 2.24) is 0 Å². The van der Waals surface area contributed by atoms with Gasteiger partial charge in [-0.05, 0) is 30.5 Å². The van der Waals surface area contributed by atoms with Crippen LogP contribution in [0.1, 0.15) is 24.8 Å². The lowest BCUT2D eigenvalue weighted by Gasteiger charge is -2.13. The van der Waals surface area contributed by atoms with E-state index in [4.69, 9.17) is 9.47 Å². The van der Waals surface area contributed by atoms with Crippen molar-refractivity contribution in [2.75, 3.05) is 18.6 Å². The summed E-state index contributed by atoms with van der Waals surface area (Å²) in [5.74, 6) is -0.191. The van der Waals surface area contributed by atoms with Gasteiger partial charge in [-0.2, -0.15) is 5.10 Å². The molecule has 1 atom stereocenters. The molecular weight excluding hydrogens is 284 g/mol. The number of cyclic esters (lactones) is 2. The van der Waals surface area contributed by atoms with Crippen molar-refractivity contribution in [3.63, 3.8) is 0 Å². The van der Waals surface area contributed by atoms with Gasteiger partial charge in [0, 0.05) is 12.3 Å². The number of rotatable bonds is 4. The minimum atomic E-state index is -0.346. The number of anilines is 1. The molecule has 22 heavy (non-hydrogen) atoms. The topological polar surface area (TPSA) is 77.0 Å². The molecule has 0 amide bonds. The third kappa shape index (κ3) is 3.63. The normalized spacial score (nSPS) is 23.3. The van der Waals surface area contributed by atoms with Crippen LogP contribution in [0.3, 0.4) is 0 Å². The van der Waals surface area contributed by atoms with Crippen LogP contribution < -0.4 is 5.43 Å². The lowest BCUT2D eigenvalue weighted by atomic mass is 9.98. The summed E-state index contributed by atoms with van der Waals surface area (Å²) >= 11 is 0. The van der Waals surface area contributed by atoms with E-state index in [1.54, 1.807) is 0 Å². The van der Waals surface area contributed by atoms with Crippen LogP contribution >= 0.6 is 0 Å². The smallest absolute Gasteiger partial charge is 0.354 e. The third-order valence-electron chi connectivity index (χ3n) is 3.76. The van der Waals surface area contributed by atoms with Crippen molar-refractivity contribution in [2.45, 2.75) is 25.7 Å². The third-order valence-corrected chi connectivity index (χ3v) is 3.76. The van der Waals surface area contributed by atoms with Crippen LogP contribution in [0.2, 0.25) is 0 Å². The maximum atomic E-state index is 11.5. The summed E-state index contributed by atoms with van der Waals surface area (Å²) in [5.41, 5.74) is 5.27. The first-order chi connectivity index (χ1) is 10.7. The number of nitrogens with one attached hydrogen (secondary N) is 1. The Labute approximate surface area is 128 Å². The quantitative estimate of drug-likeness (QED) is 0.679. The van der Waals surface area contributed by atoms with Crippen LogP contribution in [-0.4, -0.2) is 30.9 Å². The molecule has 1 aromatic carbocycles. The Morgan fingerprint density at radius 3 is 2.68 bits per heavy atom. The zero-order valence-electron chi connectivity index (χ0n) is 12.2. The van der Waals surface area contributed by atoms with Gasteiger partial charge in [0.05, 0.1) is 25.3 Å². The second-order valence-electron chi connectivity index (χ2n) is 5.56. The number of hydrogen-bond donors (Lipinski definition) is 1. The molecule has 0 unspecified atom stereocenters. The van der Waals surface area contributed by atoms with E-state index in [1.165, 1.54) is 0 Å². The van der Waals surface area contributed by atoms with E-state index in [-0.39, 0.29) is 17.9 Å². The van der Waals surface area contributed by atoms with E-state index in [0.717, 1.165) is 24.1 Å². The van der Waals surface area contributed by atoms with Gasteiger partial charge in [0.25, 0.3) is 0 Å². The van der Waals surface area contributed by atoms with Crippen molar-refractivity contribution in [1.29, 1.82) is 0 Å². The fourth-order valence-electron chi connectivity index (χ4n) is 2.57. The predicted molar refractivity (Wildman–Crippen MR) is 80.5 cm³/mol. The molecule has 2 aliphatic heterocycles. The van der Waals surface area contributed by atoms with Gasteiger partial charge < -0.3 is 9.47 Å². The molecule has 6 heteroatoms. The van der Waals surface area contributed by atoms with Gasteiger partial charge >= 0.3 is 11.9 Å². The van der Waals surface area contributed by atoms with Crippen molar-refractivity contribution in [3.05, 3.63) is 29.8 Å². The van der Waals surface area contributed by atoms with Crippen LogP contribution in [0.15, 0.2) is 29.4 Å². The fraction of sp³-hybridized carbons (Fsp3) is 0.438. The molecule has 2 heterocycles. The summed E-state index contributed by atoms with van der Waals surface area (Å²) < 4.78 is 9.90. The summed E-state index contributed by atoms with van der Waals surface area (Å²) in [7, 11) is 0. The number of benzene rings is 1. The Morgan fingerprint density at radius 2 is 2.00 bits per heavy atom. The summed E-state index contributed by atoms with van der Waals surface area (Å²) in [6.07, 6.45) is 2.77. The van der Waals surface area contributed by atoms with Crippen molar-refractivity contribution >= 4 is 23.3 Å². The van der Waals surface area contributed by atoms with Crippen LogP contribution in [0.5, 0.6) is 0 Å². The van der Waals surface area contributed by atoms with Crippen LogP contribution in [-0.2, 0) is 25.5 Å². The highest BCUT2D eigenvalue weighted by atomic mass is 16.5. The molecule has 3 rings (SSSR count). The number of esters is 2. The van der Waals surface area contributed by atoms with Gasteiger partial charge in [0.2, 0.25) is 0 Å². The van der Waals surface area contributed by atoms with Crippen LogP contribution in [0, 0.1) is 5.92 Å². The molecular formula is C16H18N2O4. The largest absolute Gasteiger partial charge is 0.465 e. The molecule has 0 spiro atoms. The highest BCUT2D eigenvalue weighted by molar-refractivity contribution is 6.36. The first-order valence-electron chi connectivity index (χ1n) is 7.45. The van der Waals surface area contributed by atoms with Crippen molar-refractivity contribution in [2.24, 2.45) is 11.0 Å². The number of hydrogen-bond acceptors (Lipinski definition) is 6. The minimum Gasteiger partial charge on any atom is -0.465 e. The molecule has 2 aliphatic rings. The van der Waals surface area contributed by atoms with E-state index in [0.29, 0.717) is 31.8 Å². The Bertz CT molecular complexity index is 595. The van der Waals surface area contributed by atoms with E-state index in [1.807, 2.05) is 24.3 Å². The number of hydrazone groups is 1. The summed E-state index contributed by atoms with van der Waals surface area (Å²) in [6.45, 7) is 0.981. The van der Waals surface area contributed by atoms with Gasteiger partial charge in [-0.1, -0.05) is 12.1 Å². The first-order valence-corrected chi connectivity index (χ1v) is 7.45. The molecule has 0 saturated carbocycles. The van der Waals surface area contributed by atoms with Gasteiger partial charge in [0.1, 0.15) is 5.71 Å². The molecule has 6 nitrogen and oxygen atoms in total. The monoisotopic (exact) mass is 302 g/mol. The standard InChI is InChI=1S/C16H18N2O4/c19-15-9-12(10-22-15)8-11-3-5-13(6-4-11)17-18-14-2-1-7-21-16(14)20/h3-6,12,17H,1-2,7-10H2/b18-14+/t12-/m1/s1. The maximum Gasteiger partial charge on any atom is 0.354 e. The van der Waals surface area contributed by atoms with Crippen LogP contribution in [0.25, 0.3) is 0 Å². The molecule has 0 bridgehead atoms. The first kappa shape index (κ1) is 14.6. The molecule has 2 saturated heterocycles. The highest BCUT2D eigenvalue weighted by Gasteiger charge is 2.23. The lowest BCUT2D eigenvalue weighted by Crippen LogP contribution is -2.24. The van der Waals surface area contributed by atoms with Crippen molar-refractivity contribution in [3.8, 4) is 0 Å². The Kier molecular flexibility index (Phi) is 4.37. The highest BCUT2D eigenvalue weighted by Crippen LogP contribution is 2.20. The van der Waals surface area contributed by atoms with Crippen molar-refractivity contribution < 1.29 is 19.1 Å². The van der Waals surface area contributed by atoms with E-state index in [9.17, 15) is 9.59 Å². The summed E-state index contributed by atoms with van der Waals surface area (Å²) in [4.78, 5) is 22.5. The molecule has 116 valence electrons. The number of carbonyl (C=O) groups excluding carboxylic acids is 2. The summed E-state index contributed by atoms with van der Waals surface area (Å²) in [5, 5.41) is 4.10. The molecule has 1 aromatic rings. The van der Waals surface area contributed by atoms with E-state index < -0.39 is 0 Å². The van der Waals surface area contributed by atoms with E-state index >= 15 is 0 Å². The minimum absolute atomic E-state index is 0.113. The fourth-order valence-corrected chi connectivity index (χ4v) is 2.57. The summed E-state index contributed by atoms with van der Waals surface area (Å²) in [6, 6.07) is 7.80. The number of nitrogens with zero attached hydrogens (tertiary/aromatic N) is 1. The van der Waals surface area contributed by atoms with E-state index in [2.05, 4.69) is 10.5 Å². The average Bonchev–Trinajstić information content (AvgIpc) is 2.93. The Balaban J connectivity index is 1.56. The van der Waals surface area contributed by atoms with Crippen LogP contribution in [0.4, 0.5) is 5.69 Å². The molecule has 1 N–H and O–H groups in total. The zero-order chi connectivity index (χ0) is 15.4. The van der Waals surface area contributed by atoms with Gasteiger partial charge in [-0.15, -0.1) is 0 Å². The van der Waals surface area contributed by atoms with Gasteiger partial charge in [-0.25, -0.2) is 4.79 Å². The zero-order valence-corrected chi connectivity index (χ0v) is 12.2. The van der Waals surface area contributed by atoms with Gasteiger partial charge in [-0.3, -0.25) is 10.2 Å². The second kappa shape index (κ2) is 6.60. The maximum absolute atomic E-state index is 11.5. The predicted octanol–water partition coefficient (Wildman–Crippen LogP) is 1.90. The number of ether oxygens (including phenoxy) is 2. The second-order valence-corrected chi connectivity index (χ2v) is 5.56. The molecule has 0 radical (unpaired) electrons. The lowest BCUT2D eigenvalue weighted by molar-refractivity contribution is -0.138. The molecule has 0 aromatic heterocycles. The molecule has 2 fully saturated rings.